The van der Waals surface area contributed by atoms with Crippen LogP contribution in [0.5, 0.6) is 0 Å². The van der Waals surface area contributed by atoms with E-state index >= 15 is 0 Å². The minimum atomic E-state index is -0.410. The number of rotatable bonds is 23. The summed E-state index contributed by atoms with van der Waals surface area (Å²) in [7, 11) is 0. The molecule has 0 amide bonds. The van der Waals surface area contributed by atoms with Crippen LogP contribution in [0, 0.1) is 0 Å². The van der Waals surface area contributed by atoms with Gasteiger partial charge < -0.3 is 0 Å². The number of hydrogen-bond acceptors (Lipinski definition) is 0. The van der Waals surface area contributed by atoms with Crippen molar-refractivity contribution in [2.45, 2.75) is 165 Å². The Kier molecular flexibility index (Phi) is 25.5. The molecule has 0 unspecified atom stereocenters. The smallest absolute Gasteiger partial charge is 0.0939 e. The molecule has 0 N–H and O–H groups in total. The zero-order valence-corrected chi connectivity index (χ0v) is 27.5. The van der Waals surface area contributed by atoms with Crippen LogP contribution in [0.25, 0.3) is 0 Å². The van der Waals surface area contributed by atoms with Crippen LogP contribution in [0.3, 0.4) is 0 Å². The van der Waals surface area contributed by atoms with Crippen molar-refractivity contribution in [2.24, 2.45) is 0 Å². The molecule has 0 aromatic heterocycles. The van der Waals surface area contributed by atoms with Crippen molar-refractivity contribution in [3.63, 3.8) is 0 Å². The van der Waals surface area contributed by atoms with Gasteiger partial charge in [-0.25, -0.2) is 0 Å². The third kappa shape index (κ3) is 21.2. The second-order valence-corrected chi connectivity index (χ2v) is 17.2. The Morgan fingerprint density at radius 1 is 0.500 bits per heavy atom. The monoisotopic (exact) mass is 544 g/mol. The molecule has 36 heavy (non-hydrogen) atoms. The molecule has 0 saturated carbocycles. The molecule has 0 spiro atoms. The second-order valence-electron chi connectivity index (χ2n) is 11.3. The van der Waals surface area contributed by atoms with Gasteiger partial charge in [0.05, 0.1) is 0 Å². The largest absolute Gasteiger partial charge is 0.261 e. The fraction of sp³-hybridized carbons (Fsp3) is 0.765. The molecule has 204 valence electrons. The van der Waals surface area contributed by atoms with Gasteiger partial charge in [0.1, 0.15) is 0 Å². The van der Waals surface area contributed by atoms with Crippen molar-refractivity contribution < 1.29 is 19.2 Å². The van der Waals surface area contributed by atoms with Gasteiger partial charge in [0.25, 0.3) is 14.1 Å². The molecule has 2 rings (SSSR count). The van der Waals surface area contributed by atoms with Crippen LogP contribution in [0.15, 0.2) is 44.2 Å². The third-order valence-corrected chi connectivity index (χ3v) is 13.6. The molecule has 0 saturated heterocycles. The molecule has 0 nitrogen and oxygen atoms in total. The summed E-state index contributed by atoms with van der Waals surface area (Å²) in [5.41, 5.74) is 0. The second kappa shape index (κ2) is 26.8. The normalized spacial score (nSPS) is 14.0. The van der Waals surface area contributed by atoms with E-state index in [9.17, 15) is 0 Å². The van der Waals surface area contributed by atoms with Gasteiger partial charge in [0.15, 0.2) is 0 Å². The van der Waals surface area contributed by atoms with Gasteiger partial charge >= 0.3 is 76.2 Å². The Morgan fingerprint density at radius 2 is 0.833 bits per heavy atom. The van der Waals surface area contributed by atoms with Crippen molar-refractivity contribution in [3.8, 4) is 0 Å². The summed E-state index contributed by atoms with van der Waals surface area (Å²) in [5.74, 6) is 0. The Morgan fingerprint density at radius 3 is 1.14 bits per heavy atom. The molecule has 0 aromatic rings. The molecule has 0 bridgehead atoms. The van der Waals surface area contributed by atoms with Crippen molar-refractivity contribution in [3.05, 3.63) is 44.2 Å². The van der Waals surface area contributed by atoms with E-state index in [-0.39, 0.29) is 19.2 Å². The maximum absolute atomic E-state index is 2.32. The SMILES string of the molecule is C1=CC[C]([Ti][C]2=CC=CC2)=C1.CCCCCCC[CH2][Al]([CH2]CCCCCCC)[CH2]CCCCCCC. The first-order valence-corrected chi connectivity index (χ1v) is 20.3. The first-order valence-electron chi connectivity index (χ1n) is 16.3. The summed E-state index contributed by atoms with van der Waals surface area (Å²) < 4.78 is 3.36. The van der Waals surface area contributed by atoms with E-state index < -0.39 is 14.1 Å². The molecule has 2 heteroatoms. The first kappa shape index (κ1) is 34.2. The molecular formula is C34H61AlTi. The van der Waals surface area contributed by atoms with E-state index in [0.29, 0.717) is 0 Å². The molecule has 0 radical (unpaired) electrons. The molecular weight excluding hydrogens is 483 g/mol. The maximum Gasteiger partial charge on any atom is 0.261 e. The molecule has 0 aromatic carbocycles. The number of hydrogen-bond donors (Lipinski definition) is 0. The number of allylic oxidation sites excluding steroid dienone is 8. The van der Waals surface area contributed by atoms with Crippen LogP contribution >= 0.6 is 0 Å². The predicted octanol–water partition coefficient (Wildman–Crippen LogP) is 12.3. The summed E-state index contributed by atoms with van der Waals surface area (Å²) in [6, 6.07) is 0. The van der Waals surface area contributed by atoms with Crippen LogP contribution in [0.2, 0.25) is 15.8 Å². The maximum atomic E-state index is 2.32. The molecule has 2 aliphatic carbocycles. The van der Waals surface area contributed by atoms with Crippen molar-refractivity contribution in [1.82, 2.24) is 0 Å². The average molecular weight is 545 g/mol. The van der Waals surface area contributed by atoms with Crippen LogP contribution in [0.4, 0.5) is 0 Å². The Hall–Kier alpha value is 0.207. The fourth-order valence-corrected chi connectivity index (χ4v) is 10.7. The van der Waals surface area contributed by atoms with Gasteiger partial charge in [-0.3, -0.25) is 0 Å². The minimum absolute atomic E-state index is 0.0833. The quantitative estimate of drug-likeness (QED) is 0.0886. The van der Waals surface area contributed by atoms with E-state index in [1.165, 1.54) is 109 Å². The standard InChI is InChI=1S/3C8H17.2C5H5.Al.Ti/c3*1-3-5-7-8-6-4-2;2*1-2-4-5-3-1;;/h3*1,3-8H2,2H3;2*1-3H,4H2;;. The molecule has 0 aliphatic heterocycles. The van der Waals surface area contributed by atoms with Gasteiger partial charge in [0, 0.05) is 0 Å². The van der Waals surface area contributed by atoms with Crippen LogP contribution in [-0.2, 0) is 19.2 Å². The van der Waals surface area contributed by atoms with E-state index in [0.717, 1.165) is 0 Å². The van der Waals surface area contributed by atoms with Crippen LogP contribution < -0.4 is 0 Å². The summed E-state index contributed by atoms with van der Waals surface area (Å²) in [4.78, 5) is 0. The van der Waals surface area contributed by atoms with Gasteiger partial charge in [-0.1, -0.05) is 152 Å². The Bertz CT molecular complexity index is 534. The summed E-state index contributed by atoms with van der Waals surface area (Å²) >= 11 is -0.327. The zero-order valence-electron chi connectivity index (χ0n) is 24.8. The Balaban J connectivity index is 0.000000479. The first-order chi connectivity index (χ1) is 17.8. The van der Waals surface area contributed by atoms with E-state index in [1.54, 1.807) is 42.9 Å². The van der Waals surface area contributed by atoms with E-state index in [2.05, 4.69) is 57.2 Å². The topological polar surface area (TPSA) is 0 Å². The van der Waals surface area contributed by atoms with Crippen molar-refractivity contribution >= 4 is 14.1 Å². The van der Waals surface area contributed by atoms with E-state index in [4.69, 9.17) is 0 Å². The van der Waals surface area contributed by atoms with Crippen LogP contribution in [0.1, 0.15) is 149 Å². The summed E-state index contributed by atoms with van der Waals surface area (Å²) in [6.45, 7) is 6.97. The van der Waals surface area contributed by atoms with Gasteiger partial charge in [-0.15, -0.1) is 0 Å². The minimum Gasteiger partial charge on any atom is -0.0939 e. The van der Waals surface area contributed by atoms with Crippen LogP contribution in [-0.4, -0.2) is 14.1 Å². The molecule has 0 heterocycles. The van der Waals surface area contributed by atoms with Crippen molar-refractivity contribution in [2.75, 3.05) is 0 Å². The van der Waals surface area contributed by atoms with Crippen molar-refractivity contribution in [1.29, 1.82) is 0 Å². The Labute approximate surface area is 241 Å². The molecule has 0 atom stereocenters. The molecule has 2 aliphatic rings. The fourth-order valence-electron chi connectivity index (χ4n) is 5.36. The molecule has 0 fully saturated rings. The summed E-state index contributed by atoms with van der Waals surface area (Å²) in [5, 5.41) is 4.99. The van der Waals surface area contributed by atoms with Gasteiger partial charge in [-0.2, -0.15) is 0 Å². The predicted molar refractivity (Wildman–Crippen MR) is 164 cm³/mol. The van der Waals surface area contributed by atoms with Gasteiger partial charge in [0.2, 0.25) is 0 Å². The van der Waals surface area contributed by atoms with E-state index in [1.807, 2.05) is 0 Å². The summed E-state index contributed by atoms with van der Waals surface area (Å²) in [6.07, 6.45) is 42.6. The zero-order chi connectivity index (χ0) is 25.9. The van der Waals surface area contributed by atoms with Gasteiger partial charge in [-0.05, 0) is 0 Å². The average Bonchev–Trinajstić information content (AvgIpc) is 3.60. The third-order valence-electron chi connectivity index (χ3n) is 7.76. The number of unbranched alkanes of at least 4 members (excludes halogenated alkanes) is 15.